The summed E-state index contributed by atoms with van der Waals surface area (Å²) in [5.41, 5.74) is 11.3. The van der Waals surface area contributed by atoms with Gasteiger partial charge in [0.05, 0.1) is 48.8 Å². The van der Waals surface area contributed by atoms with Crippen molar-refractivity contribution in [2.24, 2.45) is 0 Å². The molecule has 8 aromatic rings. The van der Waals surface area contributed by atoms with Gasteiger partial charge < -0.3 is 23.7 Å². The number of rotatable bonds is 57. The van der Waals surface area contributed by atoms with E-state index in [1.165, 1.54) is 231 Å². The Morgan fingerprint density at radius 2 is 0.539 bits per heavy atom. The second kappa shape index (κ2) is 50.1. The molecule has 8 rings (SSSR count). The minimum atomic E-state index is 0.473. The monoisotopic (exact) mass is 1380 g/mol. The Balaban J connectivity index is 0.831. The molecule has 0 bridgehead atoms. The van der Waals surface area contributed by atoms with Gasteiger partial charge in [-0.2, -0.15) is 0 Å². The molecule has 0 N–H and O–H groups in total. The summed E-state index contributed by atoms with van der Waals surface area (Å²) in [4.78, 5) is 10.4. The van der Waals surface area contributed by atoms with Crippen LogP contribution < -0.4 is 23.7 Å². The first-order chi connectivity index (χ1) is 50.5. The molecule has 7 heteroatoms. The largest absolute Gasteiger partial charge is 0.494 e. The van der Waals surface area contributed by atoms with E-state index in [1.807, 2.05) is 12.1 Å². The van der Waals surface area contributed by atoms with E-state index in [2.05, 4.69) is 185 Å². The molecular weight excluding hydrogens is 1250 g/mol. The van der Waals surface area contributed by atoms with Crippen molar-refractivity contribution in [3.63, 3.8) is 0 Å². The van der Waals surface area contributed by atoms with E-state index in [9.17, 15) is 0 Å². The van der Waals surface area contributed by atoms with Crippen molar-refractivity contribution in [3.8, 4) is 51.3 Å². The number of benzene rings is 6. The third-order valence-electron chi connectivity index (χ3n) is 20.1. The first-order valence-corrected chi connectivity index (χ1v) is 41.3. The van der Waals surface area contributed by atoms with Crippen LogP contribution >= 0.6 is 0 Å². The molecule has 6 aromatic carbocycles. The lowest BCUT2D eigenvalue weighted by molar-refractivity contribution is 0.234. The third-order valence-corrected chi connectivity index (χ3v) is 20.1. The highest BCUT2D eigenvalue weighted by Crippen LogP contribution is 2.41. The number of aromatic nitrogens is 2. The Hall–Kier alpha value is -7.38. The summed E-state index contributed by atoms with van der Waals surface area (Å²) in [7, 11) is 0. The van der Waals surface area contributed by atoms with Gasteiger partial charge in [-0.15, -0.1) is 0 Å². The zero-order valence-corrected chi connectivity index (χ0v) is 63.9. The fraction of sp³-hybridized carbons (Fsp3) is 0.516. The van der Waals surface area contributed by atoms with Gasteiger partial charge in [0.1, 0.15) is 18.1 Å². The van der Waals surface area contributed by atoms with Crippen LogP contribution in [-0.2, 0) is 6.61 Å². The van der Waals surface area contributed by atoms with Crippen LogP contribution in [0.1, 0.15) is 312 Å². The molecule has 0 saturated heterocycles. The Kier molecular flexibility index (Phi) is 39.4. The van der Waals surface area contributed by atoms with Gasteiger partial charge in [0, 0.05) is 21.9 Å². The van der Waals surface area contributed by atoms with Gasteiger partial charge >= 0.3 is 0 Å². The third kappa shape index (κ3) is 30.9. The van der Waals surface area contributed by atoms with Crippen LogP contribution in [0.2, 0.25) is 0 Å². The molecule has 0 fully saturated rings. The molecule has 0 aliphatic rings. The zero-order valence-electron chi connectivity index (χ0n) is 63.9. The van der Waals surface area contributed by atoms with Crippen LogP contribution in [0.5, 0.6) is 28.7 Å². The van der Waals surface area contributed by atoms with E-state index in [1.54, 1.807) is 0 Å². The summed E-state index contributed by atoms with van der Waals surface area (Å²) in [6.45, 7) is 12.4. The van der Waals surface area contributed by atoms with Crippen molar-refractivity contribution >= 4 is 46.1 Å². The highest BCUT2D eigenvalue weighted by Gasteiger charge is 2.17. The number of unbranched alkanes of at least 4 members (excludes halogenated alkanes) is 36. The summed E-state index contributed by atoms with van der Waals surface area (Å²) >= 11 is 0. The van der Waals surface area contributed by atoms with E-state index >= 15 is 0 Å². The summed E-state index contributed by atoms with van der Waals surface area (Å²) < 4.78 is 32.6. The summed E-state index contributed by atoms with van der Waals surface area (Å²) in [6.07, 6.45) is 60.9. The average molecular weight is 1380 g/mol. The lowest BCUT2D eigenvalue weighted by Gasteiger charge is -2.18. The fourth-order valence-corrected chi connectivity index (χ4v) is 13.7. The topological polar surface area (TPSA) is 71.9 Å². The van der Waals surface area contributed by atoms with E-state index < -0.39 is 0 Å². The maximum Gasteiger partial charge on any atom is 0.203 e. The molecule has 550 valence electrons. The van der Waals surface area contributed by atoms with Gasteiger partial charge in [-0.25, -0.2) is 9.97 Å². The molecule has 2 aromatic heterocycles. The minimum Gasteiger partial charge on any atom is -0.494 e. The second-order valence-corrected chi connectivity index (χ2v) is 29.0. The predicted octanol–water partition coefficient (Wildman–Crippen LogP) is 29.2. The van der Waals surface area contributed by atoms with Gasteiger partial charge in [-0.1, -0.05) is 356 Å². The van der Waals surface area contributed by atoms with Gasteiger partial charge in [-0.05, 0) is 126 Å². The number of ether oxygens (including phenoxy) is 5. The van der Waals surface area contributed by atoms with Crippen LogP contribution in [-0.4, -0.2) is 36.4 Å². The lowest BCUT2D eigenvalue weighted by atomic mass is 10.1. The standard InChI is InChI=1S/C95H130N2O5/c1-5-9-13-17-21-25-29-33-37-41-71-98-87-65-59-83(60-66-87)89-69-63-85-57-58-86-64-70-90(97-94(86)93(85)96-89)84-61-67-88(68-62-84)102-77-81-54-51-80(52-55-81)50-47-78-45-48-79(49-46-78)53-56-82-75-91(99-72-42-38-34-30-26-22-18-14-10-6-2)95(101-74-44-40-36-32-28-24-20-16-12-8-4)92(76-82)100-73-43-39-35-31-27-23-19-15-11-7-3/h45-70,75-76H,5-44,71-74,77H2,1-4H3/b50-47+,56-53+. The summed E-state index contributed by atoms with van der Waals surface area (Å²) in [5, 5.41) is 2.13. The molecule has 0 saturated carbocycles. The van der Waals surface area contributed by atoms with Crippen molar-refractivity contribution in [2.75, 3.05) is 26.4 Å². The summed E-state index contributed by atoms with van der Waals surface area (Å²) in [5.74, 6) is 4.11. The zero-order chi connectivity index (χ0) is 71.0. The van der Waals surface area contributed by atoms with E-state index in [4.69, 9.17) is 33.7 Å². The number of hydrogen-bond donors (Lipinski definition) is 0. The maximum absolute atomic E-state index is 6.73. The second-order valence-electron chi connectivity index (χ2n) is 29.0. The Morgan fingerprint density at radius 1 is 0.255 bits per heavy atom. The van der Waals surface area contributed by atoms with E-state index in [-0.39, 0.29) is 0 Å². The van der Waals surface area contributed by atoms with Crippen LogP contribution in [0.3, 0.4) is 0 Å². The van der Waals surface area contributed by atoms with Crippen molar-refractivity contribution in [3.05, 3.63) is 173 Å². The molecule has 0 radical (unpaired) electrons. The summed E-state index contributed by atoms with van der Waals surface area (Å²) in [6, 6.07) is 51.1. The predicted molar refractivity (Wildman–Crippen MR) is 439 cm³/mol. The van der Waals surface area contributed by atoms with Crippen LogP contribution in [0.4, 0.5) is 0 Å². The first-order valence-electron chi connectivity index (χ1n) is 41.3. The normalized spacial score (nSPS) is 11.6. The first kappa shape index (κ1) is 80.3. The minimum absolute atomic E-state index is 0.473. The number of nitrogens with zero attached hydrogens (tertiary/aromatic N) is 2. The number of hydrogen-bond acceptors (Lipinski definition) is 7. The molecule has 0 aliphatic carbocycles. The Bertz CT molecular complexity index is 3510. The molecule has 0 amide bonds. The highest BCUT2D eigenvalue weighted by molar-refractivity contribution is 6.04. The van der Waals surface area contributed by atoms with Crippen molar-refractivity contribution in [1.82, 2.24) is 9.97 Å². The van der Waals surface area contributed by atoms with Crippen molar-refractivity contribution in [1.29, 1.82) is 0 Å². The number of fused-ring (bicyclic) bond motifs is 3. The highest BCUT2D eigenvalue weighted by atomic mass is 16.5. The maximum atomic E-state index is 6.73. The molecular formula is C95H130N2O5. The van der Waals surface area contributed by atoms with Gasteiger partial charge in [0.25, 0.3) is 0 Å². The average Bonchev–Trinajstić information content (AvgIpc) is 0.772. The lowest BCUT2D eigenvalue weighted by Crippen LogP contribution is -2.07. The van der Waals surface area contributed by atoms with Gasteiger partial charge in [0.15, 0.2) is 11.5 Å². The van der Waals surface area contributed by atoms with E-state index in [0.29, 0.717) is 26.4 Å². The van der Waals surface area contributed by atoms with Crippen LogP contribution in [0, 0.1) is 0 Å². The molecule has 0 spiro atoms. The van der Waals surface area contributed by atoms with Gasteiger partial charge in [-0.3, -0.25) is 0 Å². The molecule has 0 aliphatic heterocycles. The Labute approximate surface area is 618 Å². The SMILES string of the molecule is CCCCCCCCCCCCOc1ccc(-c2ccc3ccc4ccc(-c5ccc(OCc6ccc(/C=C/c7ccc(/C=C/c8cc(OCCCCCCCCCCCC)c(OCCCCCCCCCCCC)c(OCCCCCCCCCCCC)c8)cc7)cc6)cc5)nc4c3n2)cc1. The van der Waals surface area contributed by atoms with Crippen molar-refractivity contribution < 1.29 is 23.7 Å². The molecule has 102 heavy (non-hydrogen) atoms. The quantitative estimate of drug-likeness (QED) is 0.0214. The van der Waals surface area contributed by atoms with Crippen LogP contribution in [0.15, 0.2) is 146 Å². The molecule has 7 nitrogen and oxygen atoms in total. The fourth-order valence-electron chi connectivity index (χ4n) is 13.7. The molecule has 0 atom stereocenters. The van der Waals surface area contributed by atoms with E-state index in [0.717, 1.165) is 133 Å². The molecule has 2 heterocycles. The smallest absolute Gasteiger partial charge is 0.203 e. The number of pyridine rings is 2. The van der Waals surface area contributed by atoms with Crippen LogP contribution in [0.25, 0.3) is 68.6 Å². The molecule has 0 unspecified atom stereocenters. The van der Waals surface area contributed by atoms with Gasteiger partial charge in [0.2, 0.25) is 5.75 Å². The Morgan fingerprint density at radius 3 is 0.892 bits per heavy atom. The van der Waals surface area contributed by atoms with Crippen molar-refractivity contribution in [2.45, 2.75) is 291 Å².